The summed E-state index contributed by atoms with van der Waals surface area (Å²) in [5, 5.41) is 12.2. The highest BCUT2D eigenvalue weighted by Crippen LogP contribution is 2.51. The third-order valence-electron chi connectivity index (χ3n) is 3.79. The lowest BCUT2D eigenvalue weighted by Crippen LogP contribution is -2.38. The van der Waals surface area contributed by atoms with E-state index in [1.807, 2.05) is 0 Å². The van der Waals surface area contributed by atoms with E-state index in [-0.39, 0.29) is 5.92 Å². The van der Waals surface area contributed by atoms with Crippen molar-refractivity contribution in [2.75, 3.05) is 7.05 Å². The quantitative estimate of drug-likeness (QED) is 0.839. The lowest BCUT2D eigenvalue weighted by Gasteiger charge is -2.12. The Morgan fingerprint density at radius 1 is 1.41 bits per heavy atom. The number of rotatable bonds is 4. The standard InChI is InChI=1S/C14H19NO2/c1-9(2)10-4-6-11(7-5-10)12-8-14(12,15-3)13(16)17/h4-7,9,12,15H,8H2,1-3H3,(H,16,17). The van der Waals surface area contributed by atoms with Crippen molar-refractivity contribution in [2.24, 2.45) is 0 Å². The molecule has 0 radical (unpaired) electrons. The molecule has 0 bridgehead atoms. The van der Waals surface area contributed by atoms with E-state index < -0.39 is 11.5 Å². The van der Waals surface area contributed by atoms with Gasteiger partial charge < -0.3 is 10.4 Å². The minimum Gasteiger partial charge on any atom is -0.480 e. The zero-order valence-electron chi connectivity index (χ0n) is 10.5. The van der Waals surface area contributed by atoms with E-state index in [1.165, 1.54) is 5.56 Å². The molecule has 2 N–H and O–H groups in total. The maximum absolute atomic E-state index is 11.2. The number of aliphatic carboxylic acids is 1. The molecule has 17 heavy (non-hydrogen) atoms. The normalized spacial score (nSPS) is 27.2. The van der Waals surface area contributed by atoms with Crippen LogP contribution in [0, 0.1) is 0 Å². The van der Waals surface area contributed by atoms with E-state index in [1.54, 1.807) is 7.05 Å². The SMILES string of the molecule is CNC1(C(=O)O)CC1c1ccc(C(C)C)cc1. The molecule has 1 aliphatic rings. The summed E-state index contributed by atoms with van der Waals surface area (Å²) in [4.78, 5) is 11.2. The first-order valence-corrected chi connectivity index (χ1v) is 6.03. The molecule has 0 spiro atoms. The molecule has 1 fully saturated rings. The Kier molecular flexibility index (Phi) is 2.96. The summed E-state index contributed by atoms with van der Waals surface area (Å²) < 4.78 is 0. The number of nitrogens with one attached hydrogen (secondary N) is 1. The van der Waals surface area contributed by atoms with Crippen LogP contribution in [0.25, 0.3) is 0 Å². The molecule has 92 valence electrons. The number of likely N-dealkylation sites (N-methyl/N-ethyl adjacent to an activating group) is 1. The first-order valence-electron chi connectivity index (χ1n) is 6.03. The fraction of sp³-hybridized carbons (Fsp3) is 0.500. The van der Waals surface area contributed by atoms with E-state index >= 15 is 0 Å². The van der Waals surface area contributed by atoms with Crippen molar-refractivity contribution >= 4 is 5.97 Å². The van der Waals surface area contributed by atoms with Gasteiger partial charge in [0.15, 0.2) is 0 Å². The molecular formula is C14H19NO2. The minimum absolute atomic E-state index is 0.103. The monoisotopic (exact) mass is 233 g/mol. The Hall–Kier alpha value is -1.35. The molecule has 2 rings (SSSR count). The summed E-state index contributed by atoms with van der Waals surface area (Å²) in [6.07, 6.45) is 0.680. The van der Waals surface area contributed by atoms with Crippen LogP contribution in [-0.2, 0) is 4.79 Å². The van der Waals surface area contributed by atoms with Gasteiger partial charge in [0.1, 0.15) is 5.54 Å². The third-order valence-corrected chi connectivity index (χ3v) is 3.79. The van der Waals surface area contributed by atoms with Gasteiger partial charge in [-0.15, -0.1) is 0 Å². The van der Waals surface area contributed by atoms with Gasteiger partial charge in [0, 0.05) is 5.92 Å². The van der Waals surface area contributed by atoms with Gasteiger partial charge in [-0.3, -0.25) is 4.79 Å². The van der Waals surface area contributed by atoms with Crippen molar-refractivity contribution in [3.8, 4) is 0 Å². The molecule has 1 saturated carbocycles. The summed E-state index contributed by atoms with van der Waals surface area (Å²) in [6, 6.07) is 8.31. The zero-order chi connectivity index (χ0) is 12.6. The van der Waals surface area contributed by atoms with Crippen LogP contribution in [0.2, 0.25) is 0 Å². The Morgan fingerprint density at radius 2 is 2.00 bits per heavy atom. The molecule has 3 heteroatoms. The van der Waals surface area contributed by atoms with Crippen molar-refractivity contribution in [3.63, 3.8) is 0 Å². The number of carbonyl (C=O) groups is 1. The van der Waals surface area contributed by atoms with E-state index in [0.29, 0.717) is 12.3 Å². The predicted octanol–water partition coefficient (Wildman–Crippen LogP) is 2.34. The molecular weight excluding hydrogens is 214 g/mol. The maximum Gasteiger partial charge on any atom is 0.324 e. The highest BCUT2D eigenvalue weighted by molar-refractivity contribution is 5.85. The van der Waals surface area contributed by atoms with Gasteiger partial charge in [-0.2, -0.15) is 0 Å². The summed E-state index contributed by atoms with van der Waals surface area (Å²) in [5.41, 5.74) is 1.67. The Bertz CT molecular complexity index is 424. The molecule has 2 atom stereocenters. The van der Waals surface area contributed by atoms with Gasteiger partial charge in [0.2, 0.25) is 0 Å². The molecule has 1 aliphatic carbocycles. The van der Waals surface area contributed by atoms with E-state index in [0.717, 1.165) is 5.56 Å². The van der Waals surface area contributed by atoms with E-state index in [9.17, 15) is 9.90 Å². The van der Waals surface area contributed by atoms with Gasteiger partial charge >= 0.3 is 5.97 Å². The van der Waals surface area contributed by atoms with Gasteiger partial charge in [-0.25, -0.2) is 0 Å². The fourth-order valence-electron chi connectivity index (χ4n) is 2.40. The van der Waals surface area contributed by atoms with Gasteiger partial charge in [0.05, 0.1) is 0 Å². The lowest BCUT2D eigenvalue weighted by molar-refractivity contribution is -0.140. The van der Waals surface area contributed by atoms with E-state index in [2.05, 4.69) is 43.4 Å². The number of hydrogen-bond donors (Lipinski definition) is 2. The molecule has 0 saturated heterocycles. The first-order chi connectivity index (χ1) is 8.01. The summed E-state index contributed by atoms with van der Waals surface area (Å²) >= 11 is 0. The smallest absolute Gasteiger partial charge is 0.324 e. The van der Waals surface area contributed by atoms with Crippen molar-refractivity contribution in [1.82, 2.24) is 5.32 Å². The Morgan fingerprint density at radius 3 is 2.35 bits per heavy atom. The molecule has 0 aromatic heterocycles. The van der Waals surface area contributed by atoms with Crippen molar-refractivity contribution in [1.29, 1.82) is 0 Å². The topological polar surface area (TPSA) is 49.3 Å². The fourth-order valence-corrected chi connectivity index (χ4v) is 2.40. The molecule has 0 amide bonds. The van der Waals surface area contributed by atoms with Gasteiger partial charge in [-0.05, 0) is 30.5 Å². The highest BCUT2D eigenvalue weighted by Gasteiger charge is 2.60. The lowest BCUT2D eigenvalue weighted by atomic mass is 9.99. The highest BCUT2D eigenvalue weighted by atomic mass is 16.4. The predicted molar refractivity (Wildman–Crippen MR) is 67.3 cm³/mol. The third kappa shape index (κ3) is 1.95. The second-order valence-electron chi connectivity index (χ2n) is 5.10. The number of carboxylic acids is 1. The minimum atomic E-state index is -0.752. The van der Waals surface area contributed by atoms with E-state index in [4.69, 9.17) is 0 Å². The van der Waals surface area contributed by atoms with Crippen molar-refractivity contribution in [2.45, 2.75) is 37.6 Å². The molecule has 1 aromatic rings. The second-order valence-corrected chi connectivity index (χ2v) is 5.10. The molecule has 3 nitrogen and oxygen atoms in total. The Balaban J connectivity index is 2.18. The Labute approximate surface area is 102 Å². The zero-order valence-corrected chi connectivity index (χ0v) is 10.5. The van der Waals surface area contributed by atoms with Crippen LogP contribution < -0.4 is 5.32 Å². The average molecular weight is 233 g/mol. The van der Waals surface area contributed by atoms with Gasteiger partial charge in [0.25, 0.3) is 0 Å². The number of hydrogen-bond acceptors (Lipinski definition) is 2. The largest absolute Gasteiger partial charge is 0.480 e. The molecule has 1 aromatic carbocycles. The maximum atomic E-state index is 11.2. The summed E-state index contributed by atoms with van der Waals surface area (Å²) in [7, 11) is 1.72. The number of benzene rings is 1. The van der Waals surface area contributed by atoms with Crippen LogP contribution in [0.15, 0.2) is 24.3 Å². The average Bonchev–Trinajstić information content (AvgIpc) is 3.05. The van der Waals surface area contributed by atoms with Crippen molar-refractivity contribution < 1.29 is 9.90 Å². The van der Waals surface area contributed by atoms with Crippen LogP contribution in [-0.4, -0.2) is 23.7 Å². The first kappa shape index (κ1) is 12.1. The molecule has 2 unspecified atom stereocenters. The molecule has 0 heterocycles. The summed E-state index contributed by atoms with van der Waals surface area (Å²) in [6.45, 7) is 4.31. The van der Waals surface area contributed by atoms with Crippen molar-refractivity contribution in [3.05, 3.63) is 35.4 Å². The number of carboxylic acid groups (broad SMARTS) is 1. The van der Waals surface area contributed by atoms with Crippen LogP contribution in [0.3, 0.4) is 0 Å². The second kappa shape index (κ2) is 4.15. The van der Waals surface area contributed by atoms with Crippen LogP contribution in [0.4, 0.5) is 0 Å². The van der Waals surface area contributed by atoms with Crippen LogP contribution in [0.5, 0.6) is 0 Å². The summed E-state index contributed by atoms with van der Waals surface area (Å²) in [5.74, 6) is -0.138. The van der Waals surface area contributed by atoms with Crippen LogP contribution in [0.1, 0.15) is 43.2 Å². The molecule has 0 aliphatic heterocycles. The van der Waals surface area contributed by atoms with Crippen LogP contribution >= 0.6 is 0 Å². The van der Waals surface area contributed by atoms with Gasteiger partial charge in [-0.1, -0.05) is 38.1 Å².